The van der Waals surface area contributed by atoms with Crippen molar-refractivity contribution in [3.05, 3.63) is 93.9 Å². The number of hydrogen-bond acceptors (Lipinski definition) is 3. The standard InChI is InChI=1S/C29H24ClN3O/c30-24-15-21(14-20-12-7-13-31-28(20)24)22-16-23-26(34)17-25(18-8-3-1-4-9-18)32-29(23)33-27(22)19-10-5-2-6-11-19/h2,5-7,10-18H,1,3-4,8-9H2,(H,32,33,34). The first-order chi connectivity index (χ1) is 16.7. The molecule has 2 aromatic carbocycles. The fraction of sp³-hybridized carbons (Fsp3) is 0.207. The number of halogens is 1. The highest BCUT2D eigenvalue weighted by Crippen LogP contribution is 2.37. The van der Waals surface area contributed by atoms with Crippen molar-refractivity contribution in [3.63, 3.8) is 0 Å². The first kappa shape index (κ1) is 21.1. The number of benzene rings is 2. The second-order valence-corrected chi connectivity index (χ2v) is 9.51. The van der Waals surface area contributed by atoms with Gasteiger partial charge in [-0.2, -0.15) is 0 Å². The second kappa shape index (κ2) is 8.69. The van der Waals surface area contributed by atoms with Crippen molar-refractivity contribution >= 4 is 33.5 Å². The summed E-state index contributed by atoms with van der Waals surface area (Å²) in [6.45, 7) is 0. The molecule has 6 rings (SSSR count). The predicted molar refractivity (Wildman–Crippen MR) is 139 cm³/mol. The minimum absolute atomic E-state index is 0.0104. The summed E-state index contributed by atoms with van der Waals surface area (Å²) >= 11 is 6.62. The van der Waals surface area contributed by atoms with Gasteiger partial charge < -0.3 is 4.98 Å². The van der Waals surface area contributed by atoms with Gasteiger partial charge in [0, 0.05) is 34.5 Å². The van der Waals surface area contributed by atoms with Gasteiger partial charge in [0.25, 0.3) is 0 Å². The Hall–Kier alpha value is -3.50. The summed E-state index contributed by atoms with van der Waals surface area (Å²) in [5, 5.41) is 2.12. The molecule has 0 bridgehead atoms. The van der Waals surface area contributed by atoms with E-state index in [1.807, 2.05) is 54.6 Å². The third kappa shape index (κ3) is 3.78. The van der Waals surface area contributed by atoms with Crippen molar-refractivity contribution < 1.29 is 0 Å². The lowest BCUT2D eigenvalue weighted by atomic mass is 9.86. The molecule has 0 aliphatic heterocycles. The van der Waals surface area contributed by atoms with Gasteiger partial charge in [-0.3, -0.25) is 9.78 Å². The molecule has 3 heterocycles. The maximum Gasteiger partial charge on any atom is 0.191 e. The molecule has 1 saturated carbocycles. The largest absolute Gasteiger partial charge is 0.343 e. The zero-order valence-electron chi connectivity index (χ0n) is 18.7. The SMILES string of the molecule is O=c1cc(C2CCCCC2)[nH]c2nc(-c3ccccc3)c(-c3cc(Cl)c4ncccc4c3)cc12. The smallest absolute Gasteiger partial charge is 0.191 e. The van der Waals surface area contributed by atoms with Crippen LogP contribution in [0, 0.1) is 0 Å². The third-order valence-electron chi connectivity index (χ3n) is 6.90. The van der Waals surface area contributed by atoms with Crippen LogP contribution in [0.15, 0.2) is 77.7 Å². The summed E-state index contributed by atoms with van der Waals surface area (Å²) in [7, 11) is 0. The molecule has 3 aromatic heterocycles. The van der Waals surface area contributed by atoms with Gasteiger partial charge in [0.05, 0.1) is 21.6 Å². The van der Waals surface area contributed by atoms with Gasteiger partial charge in [0.1, 0.15) is 5.65 Å². The average molecular weight is 466 g/mol. The molecular formula is C29H24ClN3O. The van der Waals surface area contributed by atoms with E-state index in [2.05, 4.69) is 16.0 Å². The van der Waals surface area contributed by atoms with Crippen LogP contribution in [-0.4, -0.2) is 15.0 Å². The Morgan fingerprint density at radius 3 is 2.53 bits per heavy atom. The number of pyridine rings is 3. The van der Waals surface area contributed by atoms with E-state index in [0.29, 0.717) is 22.0 Å². The number of nitrogens with zero attached hydrogens (tertiary/aromatic N) is 2. The fourth-order valence-electron chi connectivity index (χ4n) is 5.16. The molecule has 1 aliphatic carbocycles. The summed E-state index contributed by atoms with van der Waals surface area (Å²) in [5.74, 6) is 0.402. The maximum absolute atomic E-state index is 13.3. The number of H-pyrrole nitrogens is 1. The normalized spacial score (nSPS) is 14.6. The van der Waals surface area contributed by atoms with Crippen LogP contribution in [0.2, 0.25) is 5.02 Å². The fourth-order valence-corrected chi connectivity index (χ4v) is 5.44. The number of hydrogen-bond donors (Lipinski definition) is 1. The Morgan fingerprint density at radius 2 is 1.71 bits per heavy atom. The molecule has 0 saturated heterocycles. The number of rotatable bonds is 3. The van der Waals surface area contributed by atoms with E-state index in [9.17, 15) is 4.79 Å². The van der Waals surface area contributed by atoms with Crippen LogP contribution in [0.4, 0.5) is 0 Å². The van der Waals surface area contributed by atoms with Crippen LogP contribution in [-0.2, 0) is 0 Å². The van der Waals surface area contributed by atoms with E-state index in [4.69, 9.17) is 16.6 Å². The summed E-state index contributed by atoms with van der Waals surface area (Å²) in [6.07, 6.45) is 7.68. The van der Waals surface area contributed by atoms with Gasteiger partial charge in [0.2, 0.25) is 0 Å². The van der Waals surface area contributed by atoms with Crippen molar-refractivity contribution in [2.45, 2.75) is 38.0 Å². The molecule has 0 atom stereocenters. The molecule has 4 nitrogen and oxygen atoms in total. The lowest BCUT2D eigenvalue weighted by Gasteiger charge is -2.22. The Kier molecular flexibility index (Phi) is 5.39. The first-order valence-corrected chi connectivity index (χ1v) is 12.2. The highest BCUT2D eigenvalue weighted by atomic mass is 35.5. The molecule has 1 aliphatic rings. The molecule has 168 valence electrons. The lowest BCUT2D eigenvalue weighted by Crippen LogP contribution is -2.13. The van der Waals surface area contributed by atoms with Crippen LogP contribution >= 0.6 is 11.6 Å². The quantitative estimate of drug-likeness (QED) is 0.300. The van der Waals surface area contributed by atoms with E-state index in [0.717, 1.165) is 51.8 Å². The van der Waals surface area contributed by atoms with Crippen molar-refractivity contribution in [1.29, 1.82) is 0 Å². The Labute approximate surface area is 202 Å². The molecule has 1 fully saturated rings. The predicted octanol–water partition coefficient (Wildman–Crippen LogP) is 7.51. The highest BCUT2D eigenvalue weighted by Gasteiger charge is 2.20. The zero-order chi connectivity index (χ0) is 23.1. The molecule has 0 amide bonds. The Balaban J connectivity index is 1.60. The number of aromatic nitrogens is 3. The molecule has 0 unspecified atom stereocenters. The molecular weight excluding hydrogens is 442 g/mol. The van der Waals surface area contributed by atoms with Crippen LogP contribution in [0.5, 0.6) is 0 Å². The van der Waals surface area contributed by atoms with Crippen molar-refractivity contribution in [2.24, 2.45) is 0 Å². The van der Waals surface area contributed by atoms with Gasteiger partial charge in [-0.05, 0) is 48.6 Å². The van der Waals surface area contributed by atoms with Crippen molar-refractivity contribution in [3.8, 4) is 22.4 Å². The number of aromatic amines is 1. The van der Waals surface area contributed by atoms with Crippen LogP contribution in [0.1, 0.15) is 43.7 Å². The minimum Gasteiger partial charge on any atom is -0.343 e. The minimum atomic E-state index is 0.0104. The topological polar surface area (TPSA) is 58.6 Å². The van der Waals surface area contributed by atoms with E-state index >= 15 is 0 Å². The summed E-state index contributed by atoms with van der Waals surface area (Å²) in [6, 6.07) is 21.7. The molecule has 0 spiro atoms. The van der Waals surface area contributed by atoms with Crippen molar-refractivity contribution in [2.75, 3.05) is 0 Å². The van der Waals surface area contributed by atoms with Crippen LogP contribution in [0.3, 0.4) is 0 Å². The van der Waals surface area contributed by atoms with Gasteiger partial charge in [-0.25, -0.2) is 4.98 Å². The molecule has 5 heteroatoms. The Bertz CT molecular complexity index is 1570. The van der Waals surface area contributed by atoms with E-state index in [1.54, 1.807) is 12.3 Å². The van der Waals surface area contributed by atoms with Gasteiger partial charge in [0.15, 0.2) is 5.43 Å². The van der Waals surface area contributed by atoms with E-state index in [-0.39, 0.29) is 5.43 Å². The van der Waals surface area contributed by atoms with Gasteiger partial charge in [-0.15, -0.1) is 0 Å². The van der Waals surface area contributed by atoms with Crippen LogP contribution in [0.25, 0.3) is 44.3 Å². The number of fused-ring (bicyclic) bond motifs is 2. The van der Waals surface area contributed by atoms with E-state index < -0.39 is 0 Å². The van der Waals surface area contributed by atoms with Gasteiger partial charge >= 0.3 is 0 Å². The average Bonchev–Trinajstić information content (AvgIpc) is 2.89. The maximum atomic E-state index is 13.3. The van der Waals surface area contributed by atoms with Crippen LogP contribution < -0.4 is 5.43 Å². The lowest BCUT2D eigenvalue weighted by molar-refractivity contribution is 0.437. The van der Waals surface area contributed by atoms with E-state index in [1.165, 1.54) is 19.3 Å². The summed E-state index contributed by atoms with van der Waals surface area (Å²) < 4.78 is 0. The second-order valence-electron chi connectivity index (χ2n) is 9.10. The molecule has 1 N–H and O–H groups in total. The van der Waals surface area contributed by atoms with Gasteiger partial charge in [-0.1, -0.05) is 67.3 Å². The molecule has 34 heavy (non-hydrogen) atoms. The highest BCUT2D eigenvalue weighted by molar-refractivity contribution is 6.35. The number of nitrogens with one attached hydrogen (secondary N) is 1. The molecule has 0 radical (unpaired) electrons. The van der Waals surface area contributed by atoms with Crippen molar-refractivity contribution in [1.82, 2.24) is 15.0 Å². The first-order valence-electron chi connectivity index (χ1n) is 11.9. The zero-order valence-corrected chi connectivity index (χ0v) is 19.5. The Morgan fingerprint density at radius 1 is 0.882 bits per heavy atom. The summed E-state index contributed by atoms with van der Waals surface area (Å²) in [5.41, 5.74) is 6.03. The monoisotopic (exact) mass is 465 g/mol. The third-order valence-corrected chi connectivity index (χ3v) is 7.19. The summed E-state index contributed by atoms with van der Waals surface area (Å²) in [4.78, 5) is 26.2. The molecule has 5 aromatic rings.